The van der Waals surface area contributed by atoms with Crippen LogP contribution in [0.3, 0.4) is 0 Å². The van der Waals surface area contributed by atoms with Crippen molar-refractivity contribution in [2.24, 2.45) is 17.8 Å². The third-order valence-corrected chi connectivity index (χ3v) is 6.77. The summed E-state index contributed by atoms with van der Waals surface area (Å²) in [7, 11) is 0. The van der Waals surface area contributed by atoms with Crippen molar-refractivity contribution in [3.8, 4) is 0 Å². The normalized spacial score (nSPS) is 30.2. The zero-order valence-corrected chi connectivity index (χ0v) is 20.5. The molecule has 3 aliphatic rings. The van der Waals surface area contributed by atoms with E-state index in [1.807, 2.05) is 0 Å². The molecule has 2 saturated carbocycles. The van der Waals surface area contributed by atoms with Gasteiger partial charge in [0.1, 0.15) is 0 Å². The number of hydrogen-bond acceptors (Lipinski definition) is 5. The molecule has 176 valence electrons. The Morgan fingerprint density at radius 3 is 2.07 bits per heavy atom. The number of nitrogens with zero attached hydrogens (tertiary/aromatic N) is 1. The minimum atomic E-state index is 0.00306. The molecule has 2 aliphatic carbocycles. The maximum atomic E-state index is 6.06. The molecule has 5 nitrogen and oxygen atoms in total. The molecule has 0 aromatic heterocycles. The number of rotatable bonds is 13. The molecule has 5 heteroatoms. The van der Waals surface area contributed by atoms with Crippen LogP contribution in [-0.2, 0) is 18.9 Å². The van der Waals surface area contributed by atoms with Crippen LogP contribution in [0.2, 0.25) is 0 Å². The molecule has 0 bridgehead atoms. The van der Waals surface area contributed by atoms with Gasteiger partial charge in [-0.1, -0.05) is 0 Å². The SMILES string of the molecule is CC(C)(C)OC1CC(C2CC2COCCCCOCCOC2CN(C(C)(C)C)C2)C1. The molecule has 0 N–H and O–H groups in total. The first-order chi connectivity index (χ1) is 14.1. The second-order valence-electron chi connectivity index (χ2n) is 11.7. The molecule has 2 atom stereocenters. The maximum absolute atomic E-state index is 6.06. The van der Waals surface area contributed by atoms with Crippen LogP contribution in [0.5, 0.6) is 0 Å². The summed E-state index contributed by atoms with van der Waals surface area (Å²) < 4.78 is 23.5. The van der Waals surface area contributed by atoms with Crippen LogP contribution in [-0.4, -0.2) is 74.4 Å². The van der Waals surface area contributed by atoms with Gasteiger partial charge in [-0.25, -0.2) is 0 Å². The average Bonchev–Trinajstić information content (AvgIpc) is 3.30. The Morgan fingerprint density at radius 1 is 0.767 bits per heavy atom. The lowest BCUT2D eigenvalue weighted by Crippen LogP contribution is -2.59. The minimum absolute atomic E-state index is 0.00306. The molecule has 1 saturated heterocycles. The van der Waals surface area contributed by atoms with Gasteiger partial charge < -0.3 is 18.9 Å². The Balaban J connectivity index is 1.05. The van der Waals surface area contributed by atoms with Crippen molar-refractivity contribution in [1.29, 1.82) is 0 Å². The summed E-state index contributed by atoms with van der Waals surface area (Å²) >= 11 is 0. The van der Waals surface area contributed by atoms with Gasteiger partial charge in [0.15, 0.2) is 0 Å². The van der Waals surface area contributed by atoms with Crippen molar-refractivity contribution in [3.05, 3.63) is 0 Å². The summed E-state index contributed by atoms with van der Waals surface area (Å²) in [5.74, 6) is 2.59. The largest absolute Gasteiger partial charge is 0.381 e. The summed E-state index contributed by atoms with van der Waals surface area (Å²) in [6.45, 7) is 19.4. The third-order valence-electron chi connectivity index (χ3n) is 6.77. The van der Waals surface area contributed by atoms with Crippen molar-refractivity contribution in [2.45, 2.75) is 97.0 Å². The third kappa shape index (κ3) is 8.05. The van der Waals surface area contributed by atoms with E-state index < -0.39 is 0 Å². The zero-order chi connectivity index (χ0) is 21.8. The van der Waals surface area contributed by atoms with Crippen molar-refractivity contribution in [1.82, 2.24) is 4.90 Å². The van der Waals surface area contributed by atoms with Gasteiger partial charge in [-0.05, 0) is 91.4 Å². The van der Waals surface area contributed by atoms with Crippen molar-refractivity contribution in [3.63, 3.8) is 0 Å². The summed E-state index contributed by atoms with van der Waals surface area (Å²) in [6, 6.07) is 0. The first kappa shape index (κ1) is 24.4. The van der Waals surface area contributed by atoms with E-state index in [0.29, 0.717) is 25.4 Å². The van der Waals surface area contributed by atoms with Crippen LogP contribution in [0.1, 0.15) is 73.6 Å². The van der Waals surface area contributed by atoms with Crippen LogP contribution in [0.4, 0.5) is 0 Å². The van der Waals surface area contributed by atoms with Gasteiger partial charge in [0.2, 0.25) is 0 Å². The summed E-state index contributed by atoms with van der Waals surface area (Å²) in [4.78, 5) is 2.45. The zero-order valence-electron chi connectivity index (χ0n) is 20.5. The first-order valence-corrected chi connectivity index (χ1v) is 12.3. The lowest BCUT2D eigenvalue weighted by Gasteiger charge is -2.47. The van der Waals surface area contributed by atoms with Gasteiger partial charge in [0.05, 0.1) is 31.0 Å². The molecule has 1 heterocycles. The van der Waals surface area contributed by atoms with E-state index in [-0.39, 0.29) is 11.1 Å². The highest BCUT2D eigenvalue weighted by Crippen LogP contribution is 2.52. The van der Waals surface area contributed by atoms with Crippen molar-refractivity contribution in [2.75, 3.05) is 46.1 Å². The van der Waals surface area contributed by atoms with Gasteiger partial charge in [0.25, 0.3) is 0 Å². The van der Waals surface area contributed by atoms with E-state index in [0.717, 1.165) is 63.5 Å². The monoisotopic (exact) mass is 425 g/mol. The lowest BCUT2D eigenvalue weighted by atomic mass is 9.78. The Bertz CT molecular complexity index is 500. The molecule has 1 aliphatic heterocycles. The topological polar surface area (TPSA) is 40.2 Å². The van der Waals surface area contributed by atoms with Crippen LogP contribution in [0, 0.1) is 17.8 Å². The van der Waals surface area contributed by atoms with Gasteiger partial charge in [-0.3, -0.25) is 4.90 Å². The highest BCUT2D eigenvalue weighted by atomic mass is 16.5. The smallest absolute Gasteiger partial charge is 0.0830 e. The Hall–Kier alpha value is -0.200. The van der Waals surface area contributed by atoms with E-state index >= 15 is 0 Å². The minimum Gasteiger partial charge on any atom is -0.381 e. The van der Waals surface area contributed by atoms with Crippen molar-refractivity contribution >= 4 is 0 Å². The van der Waals surface area contributed by atoms with E-state index in [2.05, 4.69) is 46.4 Å². The molecule has 2 unspecified atom stereocenters. The predicted octanol–water partition coefficient (Wildman–Crippen LogP) is 4.53. The standard InChI is InChI=1S/C25H47NO4/c1-24(2,3)26-16-22(17-26)29-12-11-27-9-7-8-10-28-18-20-15-23(20)19-13-21(14-19)30-25(4,5)6/h19-23H,7-18H2,1-6H3. The Labute approximate surface area is 185 Å². The van der Waals surface area contributed by atoms with Gasteiger partial charge in [0, 0.05) is 38.4 Å². The molecule has 0 aromatic carbocycles. The number of unbranched alkanes of at least 4 members (excludes halogenated alkanes) is 1. The molecule has 0 amide bonds. The maximum Gasteiger partial charge on any atom is 0.0830 e. The van der Waals surface area contributed by atoms with Crippen LogP contribution in [0.15, 0.2) is 0 Å². The highest BCUT2D eigenvalue weighted by molar-refractivity contribution is 4.98. The Morgan fingerprint density at radius 2 is 1.43 bits per heavy atom. The first-order valence-electron chi connectivity index (χ1n) is 12.3. The fraction of sp³-hybridized carbons (Fsp3) is 1.00. The van der Waals surface area contributed by atoms with Gasteiger partial charge in [-0.15, -0.1) is 0 Å². The summed E-state index contributed by atoms with van der Waals surface area (Å²) in [6.07, 6.45) is 6.93. The fourth-order valence-electron chi connectivity index (χ4n) is 4.70. The molecular weight excluding hydrogens is 378 g/mol. The van der Waals surface area contributed by atoms with E-state index in [1.165, 1.54) is 19.3 Å². The Kier molecular flexibility index (Phi) is 8.65. The number of likely N-dealkylation sites (tertiary alicyclic amines) is 1. The fourth-order valence-corrected chi connectivity index (χ4v) is 4.70. The van der Waals surface area contributed by atoms with Gasteiger partial charge >= 0.3 is 0 Å². The predicted molar refractivity (Wildman–Crippen MR) is 121 cm³/mol. The molecule has 0 aromatic rings. The van der Waals surface area contributed by atoms with Crippen LogP contribution >= 0.6 is 0 Å². The second-order valence-corrected chi connectivity index (χ2v) is 11.7. The average molecular weight is 426 g/mol. The van der Waals surface area contributed by atoms with Crippen LogP contribution in [0.25, 0.3) is 0 Å². The van der Waals surface area contributed by atoms with Crippen LogP contribution < -0.4 is 0 Å². The molecule has 30 heavy (non-hydrogen) atoms. The highest BCUT2D eigenvalue weighted by Gasteiger charge is 2.48. The molecule has 3 fully saturated rings. The number of hydrogen-bond donors (Lipinski definition) is 0. The number of ether oxygens (including phenoxy) is 4. The quantitative estimate of drug-likeness (QED) is 0.406. The molecular formula is C25H47NO4. The van der Waals surface area contributed by atoms with Gasteiger partial charge in [-0.2, -0.15) is 0 Å². The van der Waals surface area contributed by atoms with E-state index in [4.69, 9.17) is 18.9 Å². The van der Waals surface area contributed by atoms with E-state index in [9.17, 15) is 0 Å². The van der Waals surface area contributed by atoms with Crippen molar-refractivity contribution < 1.29 is 18.9 Å². The summed E-state index contributed by atoms with van der Waals surface area (Å²) in [5.41, 5.74) is 0.267. The molecule has 3 rings (SSSR count). The second kappa shape index (κ2) is 10.6. The summed E-state index contributed by atoms with van der Waals surface area (Å²) in [5, 5.41) is 0. The molecule has 0 spiro atoms. The van der Waals surface area contributed by atoms with E-state index in [1.54, 1.807) is 0 Å². The molecule has 0 radical (unpaired) electrons. The lowest BCUT2D eigenvalue weighted by molar-refractivity contribution is -0.116.